The zero-order valence-electron chi connectivity index (χ0n) is 23.7. The first kappa shape index (κ1) is 30.3. The van der Waals surface area contributed by atoms with E-state index in [0.717, 1.165) is 74.2 Å². The number of phenolic OH excluding ortho intramolecular Hbond substituents is 2. The van der Waals surface area contributed by atoms with Crippen LogP contribution in [0.3, 0.4) is 0 Å². The first-order valence-corrected chi connectivity index (χ1v) is 13.7. The molecule has 0 atom stereocenters. The summed E-state index contributed by atoms with van der Waals surface area (Å²) in [6.45, 7) is 12.6. The number of allylic oxidation sites excluding steroid dienone is 1. The van der Waals surface area contributed by atoms with E-state index in [9.17, 15) is 19.8 Å². The van der Waals surface area contributed by atoms with Crippen molar-refractivity contribution >= 4 is 18.6 Å². The third-order valence-corrected chi connectivity index (χ3v) is 6.99. The summed E-state index contributed by atoms with van der Waals surface area (Å²) < 4.78 is 0. The van der Waals surface area contributed by atoms with Crippen molar-refractivity contribution in [1.29, 1.82) is 0 Å². The summed E-state index contributed by atoms with van der Waals surface area (Å²) in [7, 11) is 0. The lowest BCUT2D eigenvalue weighted by atomic mass is 9.84. The second-order valence-corrected chi connectivity index (χ2v) is 12.2. The molecule has 0 aliphatic rings. The zero-order valence-corrected chi connectivity index (χ0v) is 23.7. The van der Waals surface area contributed by atoms with Crippen molar-refractivity contribution in [3.05, 3.63) is 63.7 Å². The maximum Gasteiger partial charge on any atom is 0.153 e. The van der Waals surface area contributed by atoms with Crippen LogP contribution < -0.4 is 0 Å². The lowest BCUT2D eigenvalue weighted by Crippen LogP contribution is -2.12. The Morgan fingerprint density at radius 1 is 0.622 bits per heavy atom. The largest absolute Gasteiger partial charge is 0.507 e. The highest BCUT2D eigenvalue weighted by Gasteiger charge is 2.19. The van der Waals surface area contributed by atoms with Gasteiger partial charge >= 0.3 is 0 Å². The van der Waals surface area contributed by atoms with Crippen molar-refractivity contribution in [3.8, 4) is 11.5 Å². The molecule has 2 rings (SSSR count). The average molecular weight is 507 g/mol. The minimum Gasteiger partial charge on any atom is -0.507 e. The molecule has 37 heavy (non-hydrogen) atoms. The molecular formula is C33H46O4. The molecule has 0 saturated heterocycles. The highest BCUT2D eigenvalue weighted by molar-refractivity contribution is 5.83. The molecule has 202 valence electrons. The standard InChI is InChI=1S/C33H46O4/c1-32(2,3)28-18-24(30(36)26(20-28)22-34)16-14-12-10-8-7-9-11-13-15-17-25-19-29(33(4,5)6)21-27(23-35)31(25)37/h14,16,18-23,36-37H,7-13,15,17H2,1-6H3/b16-14+. The predicted molar refractivity (Wildman–Crippen MR) is 154 cm³/mol. The van der Waals surface area contributed by atoms with Crippen LogP contribution in [0.1, 0.15) is 136 Å². The number of unbranched alkanes of at least 4 members (excludes halogenated alkanes) is 7. The molecule has 0 bridgehead atoms. The molecule has 0 heterocycles. The van der Waals surface area contributed by atoms with Crippen molar-refractivity contribution in [2.45, 2.75) is 110 Å². The summed E-state index contributed by atoms with van der Waals surface area (Å²) in [5.41, 5.74) is 4.26. The van der Waals surface area contributed by atoms with Crippen molar-refractivity contribution in [2.24, 2.45) is 0 Å². The molecule has 0 aliphatic carbocycles. The van der Waals surface area contributed by atoms with Crippen molar-refractivity contribution in [2.75, 3.05) is 0 Å². The SMILES string of the molecule is CC(C)(C)c1cc(C=O)c(O)c(/C=C/CCCCCCCCCc2cc(C(C)(C)C)cc(C=O)c2O)c1. The number of carbonyl (C=O) groups is 2. The van der Waals surface area contributed by atoms with Gasteiger partial charge in [0.05, 0.1) is 11.1 Å². The molecule has 0 fully saturated rings. The molecule has 0 aliphatic heterocycles. The van der Waals surface area contributed by atoms with Gasteiger partial charge in [0.15, 0.2) is 12.6 Å². The second-order valence-electron chi connectivity index (χ2n) is 12.2. The molecular weight excluding hydrogens is 460 g/mol. The summed E-state index contributed by atoms with van der Waals surface area (Å²) in [5, 5.41) is 20.8. The zero-order chi connectivity index (χ0) is 27.6. The van der Waals surface area contributed by atoms with E-state index in [-0.39, 0.29) is 22.3 Å². The molecule has 2 N–H and O–H groups in total. The van der Waals surface area contributed by atoms with E-state index in [1.807, 2.05) is 12.1 Å². The Kier molecular flexibility index (Phi) is 11.2. The number of aromatic hydroxyl groups is 2. The minimum absolute atomic E-state index is 0.0556. The predicted octanol–water partition coefficient (Wildman–Crippen LogP) is 8.69. The number of phenols is 2. The fraction of sp³-hybridized carbons (Fsp3) is 0.515. The molecule has 0 amide bonds. The third-order valence-electron chi connectivity index (χ3n) is 6.99. The number of carbonyl (C=O) groups excluding carboxylic acids is 2. The van der Waals surface area contributed by atoms with Gasteiger partial charge in [0.2, 0.25) is 0 Å². The van der Waals surface area contributed by atoms with Crippen molar-refractivity contribution in [1.82, 2.24) is 0 Å². The van der Waals surface area contributed by atoms with Gasteiger partial charge in [0.25, 0.3) is 0 Å². The number of hydrogen-bond acceptors (Lipinski definition) is 4. The van der Waals surface area contributed by atoms with E-state index >= 15 is 0 Å². The van der Waals surface area contributed by atoms with Gasteiger partial charge in [0.1, 0.15) is 11.5 Å². The average Bonchev–Trinajstić information content (AvgIpc) is 2.82. The van der Waals surface area contributed by atoms with E-state index in [0.29, 0.717) is 16.7 Å². The molecule has 0 spiro atoms. The quantitative estimate of drug-likeness (QED) is 0.210. The van der Waals surface area contributed by atoms with Crippen molar-refractivity contribution < 1.29 is 19.8 Å². The maximum atomic E-state index is 11.4. The van der Waals surface area contributed by atoms with Gasteiger partial charge in [-0.05, 0) is 71.4 Å². The maximum absolute atomic E-state index is 11.4. The normalized spacial score (nSPS) is 12.3. The van der Waals surface area contributed by atoms with E-state index in [2.05, 4.69) is 53.7 Å². The Morgan fingerprint density at radius 2 is 1.08 bits per heavy atom. The fourth-order valence-electron chi connectivity index (χ4n) is 4.43. The van der Waals surface area contributed by atoms with Gasteiger partial charge < -0.3 is 10.2 Å². The minimum atomic E-state index is -0.0939. The van der Waals surface area contributed by atoms with Crippen LogP contribution in [0.25, 0.3) is 6.08 Å². The number of aryl methyl sites for hydroxylation is 1. The van der Waals surface area contributed by atoms with Gasteiger partial charge in [0, 0.05) is 5.56 Å². The van der Waals surface area contributed by atoms with Crippen LogP contribution in [0.4, 0.5) is 0 Å². The highest BCUT2D eigenvalue weighted by atomic mass is 16.3. The van der Waals surface area contributed by atoms with Crippen LogP contribution in [-0.2, 0) is 17.3 Å². The fourth-order valence-corrected chi connectivity index (χ4v) is 4.43. The van der Waals surface area contributed by atoms with Crippen LogP contribution in [0.5, 0.6) is 11.5 Å². The van der Waals surface area contributed by atoms with Crippen molar-refractivity contribution in [3.63, 3.8) is 0 Å². The van der Waals surface area contributed by atoms with Gasteiger partial charge in [-0.3, -0.25) is 9.59 Å². The van der Waals surface area contributed by atoms with Crippen LogP contribution in [0.2, 0.25) is 0 Å². The Morgan fingerprint density at radius 3 is 1.62 bits per heavy atom. The lowest BCUT2D eigenvalue weighted by molar-refractivity contribution is 0.111. The summed E-state index contributed by atoms with van der Waals surface area (Å²) in [6.07, 6.45) is 15.1. The van der Waals surface area contributed by atoms with E-state index in [1.54, 1.807) is 12.1 Å². The van der Waals surface area contributed by atoms with Crippen LogP contribution in [0.15, 0.2) is 30.3 Å². The summed E-state index contributed by atoms with van der Waals surface area (Å²) in [4.78, 5) is 22.7. The number of aldehydes is 2. The van der Waals surface area contributed by atoms with E-state index in [4.69, 9.17) is 0 Å². The summed E-state index contributed by atoms with van der Waals surface area (Å²) >= 11 is 0. The summed E-state index contributed by atoms with van der Waals surface area (Å²) in [5.74, 6) is 0.192. The topological polar surface area (TPSA) is 74.6 Å². The van der Waals surface area contributed by atoms with Crippen LogP contribution in [0, 0.1) is 0 Å². The highest BCUT2D eigenvalue weighted by Crippen LogP contribution is 2.32. The molecule has 2 aromatic carbocycles. The second kappa shape index (κ2) is 13.6. The molecule has 4 heteroatoms. The molecule has 2 aromatic rings. The smallest absolute Gasteiger partial charge is 0.153 e. The number of hydrogen-bond donors (Lipinski definition) is 2. The molecule has 0 aromatic heterocycles. The van der Waals surface area contributed by atoms with Gasteiger partial charge in [-0.15, -0.1) is 0 Å². The molecule has 0 saturated carbocycles. The van der Waals surface area contributed by atoms with Gasteiger partial charge in [-0.1, -0.05) is 91.9 Å². The first-order chi connectivity index (χ1) is 17.4. The Balaban J connectivity index is 1.72. The first-order valence-electron chi connectivity index (χ1n) is 13.7. The Bertz CT molecular complexity index is 1080. The number of rotatable bonds is 13. The molecule has 0 radical (unpaired) electrons. The Hall–Kier alpha value is -2.88. The Labute approximate surface area is 223 Å². The number of benzene rings is 2. The molecule has 4 nitrogen and oxygen atoms in total. The lowest BCUT2D eigenvalue weighted by Gasteiger charge is -2.21. The van der Waals surface area contributed by atoms with E-state index in [1.165, 1.54) is 12.8 Å². The van der Waals surface area contributed by atoms with Crippen LogP contribution >= 0.6 is 0 Å². The molecule has 0 unspecified atom stereocenters. The monoisotopic (exact) mass is 506 g/mol. The third kappa shape index (κ3) is 9.18. The van der Waals surface area contributed by atoms with Gasteiger partial charge in [-0.25, -0.2) is 0 Å². The summed E-state index contributed by atoms with van der Waals surface area (Å²) in [6, 6.07) is 7.59. The van der Waals surface area contributed by atoms with E-state index < -0.39 is 0 Å². The van der Waals surface area contributed by atoms with Crippen LogP contribution in [-0.4, -0.2) is 22.8 Å². The van der Waals surface area contributed by atoms with Gasteiger partial charge in [-0.2, -0.15) is 0 Å².